The van der Waals surface area contributed by atoms with E-state index in [0.29, 0.717) is 0 Å². The summed E-state index contributed by atoms with van der Waals surface area (Å²) < 4.78 is 0. The number of aryl methyl sites for hydroxylation is 1. The molecule has 1 aromatic rings. The van der Waals surface area contributed by atoms with Gasteiger partial charge in [0.2, 0.25) is 0 Å². The molecule has 107 valence electrons. The lowest BCUT2D eigenvalue weighted by Crippen LogP contribution is -2.00. The van der Waals surface area contributed by atoms with E-state index in [1.54, 1.807) is 5.56 Å². The molecule has 1 rings (SSSR count). The van der Waals surface area contributed by atoms with Gasteiger partial charge in [-0.2, -0.15) is 0 Å². The molecule has 1 aromatic carbocycles. The minimum atomic E-state index is 0.754. The number of benzene rings is 1. The summed E-state index contributed by atoms with van der Waals surface area (Å²) >= 11 is 0. The molecule has 1 atom stereocenters. The van der Waals surface area contributed by atoms with Gasteiger partial charge in [0, 0.05) is 0 Å². The van der Waals surface area contributed by atoms with Gasteiger partial charge in [0.05, 0.1) is 0 Å². The number of hydrogen-bond donors (Lipinski definition) is 0. The summed E-state index contributed by atoms with van der Waals surface area (Å²) in [5.74, 6) is 0.754. The standard InChI is InChI=1S/C19H31/c1-4-7-9-10-12-18(11-8-5-2)19-15-13-17(6-3)14-16-19/h13-16,18H,2,4-12H2,1,3H3. The predicted octanol–water partition coefficient (Wildman–Crippen LogP) is 6.31. The van der Waals surface area contributed by atoms with Gasteiger partial charge < -0.3 is 0 Å². The minimum absolute atomic E-state index is 0.754. The first kappa shape index (κ1) is 16.3. The van der Waals surface area contributed by atoms with E-state index >= 15 is 0 Å². The van der Waals surface area contributed by atoms with E-state index in [-0.39, 0.29) is 0 Å². The van der Waals surface area contributed by atoms with Crippen molar-refractivity contribution in [3.05, 3.63) is 42.3 Å². The van der Waals surface area contributed by atoms with E-state index < -0.39 is 0 Å². The predicted molar refractivity (Wildman–Crippen MR) is 86.5 cm³/mol. The second-order valence-electron chi connectivity index (χ2n) is 5.64. The monoisotopic (exact) mass is 259 g/mol. The molecule has 0 N–H and O–H groups in total. The Morgan fingerprint density at radius 1 is 0.895 bits per heavy atom. The molecule has 0 saturated heterocycles. The van der Waals surface area contributed by atoms with Gasteiger partial charge in [0.25, 0.3) is 0 Å². The molecule has 0 fully saturated rings. The molecule has 0 aliphatic carbocycles. The van der Waals surface area contributed by atoms with Crippen LogP contribution < -0.4 is 0 Å². The normalized spacial score (nSPS) is 12.6. The Labute approximate surface area is 120 Å². The Kier molecular flexibility index (Phi) is 8.62. The number of rotatable bonds is 10. The fraction of sp³-hybridized carbons (Fsp3) is 0.632. The molecule has 1 unspecified atom stereocenters. The molecule has 0 heterocycles. The van der Waals surface area contributed by atoms with Gasteiger partial charge in [-0.25, -0.2) is 0 Å². The lowest BCUT2D eigenvalue weighted by Gasteiger charge is -2.17. The van der Waals surface area contributed by atoms with Crippen molar-refractivity contribution in [3.8, 4) is 0 Å². The van der Waals surface area contributed by atoms with Gasteiger partial charge in [-0.15, -0.1) is 0 Å². The topological polar surface area (TPSA) is 0 Å². The van der Waals surface area contributed by atoms with Gasteiger partial charge in [0.1, 0.15) is 0 Å². The maximum Gasteiger partial charge on any atom is -0.0162 e. The summed E-state index contributed by atoms with van der Waals surface area (Å²) in [5.41, 5.74) is 2.99. The Morgan fingerprint density at radius 3 is 2.16 bits per heavy atom. The van der Waals surface area contributed by atoms with E-state index in [0.717, 1.165) is 18.8 Å². The molecule has 0 aromatic heterocycles. The Bertz CT molecular complexity index is 309. The van der Waals surface area contributed by atoms with Gasteiger partial charge in [-0.1, -0.05) is 83.6 Å². The largest absolute Gasteiger partial charge is 0.0654 e. The van der Waals surface area contributed by atoms with Crippen molar-refractivity contribution in [2.45, 2.75) is 77.6 Å². The Balaban J connectivity index is 2.55. The van der Waals surface area contributed by atoms with Gasteiger partial charge in [-0.05, 0) is 36.3 Å². The van der Waals surface area contributed by atoms with E-state index in [2.05, 4.69) is 45.0 Å². The second-order valence-corrected chi connectivity index (χ2v) is 5.64. The minimum Gasteiger partial charge on any atom is -0.0654 e. The van der Waals surface area contributed by atoms with E-state index in [9.17, 15) is 0 Å². The molecule has 0 bridgehead atoms. The summed E-state index contributed by atoms with van der Waals surface area (Å²) in [6.45, 7) is 8.49. The number of hydrogen-bond acceptors (Lipinski definition) is 0. The first-order valence-corrected chi connectivity index (χ1v) is 8.19. The zero-order chi connectivity index (χ0) is 13.9. The smallest absolute Gasteiger partial charge is 0.0162 e. The first-order valence-electron chi connectivity index (χ1n) is 8.19. The van der Waals surface area contributed by atoms with Crippen LogP contribution in [0.4, 0.5) is 0 Å². The van der Waals surface area contributed by atoms with E-state index in [1.807, 2.05) is 0 Å². The Morgan fingerprint density at radius 2 is 1.58 bits per heavy atom. The molecule has 0 heteroatoms. The maximum atomic E-state index is 3.99. The van der Waals surface area contributed by atoms with E-state index in [1.165, 1.54) is 50.5 Å². The third kappa shape index (κ3) is 6.27. The van der Waals surface area contributed by atoms with Crippen LogP contribution in [-0.4, -0.2) is 0 Å². The zero-order valence-corrected chi connectivity index (χ0v) is 13.0. The average Bonchev–Trinajstić information content (AvgIpc) is 2.47. The van der Waals surface area contributed by atoms with Crippen LogP contribution in [0.1, 0.15) is 82.3 Å². The molecule has 0 aliphatic heterocycles. The maximum absolute atomic E-state index is 3.99. The highest BCUT2D eigenvalue weighted by atomic mass is 14.2. The summed E-state index contributed by atoms with van der Waals surface area (Å²) in [5, 5.41) is 0. The molecule has 0 saturated carbocycles. The molecule has 1 radical (unpaired) electrons. The fourth-order valence-electron chi connectivity index (χ4n) is 2.71. The van der Waals surface area contributed by atoms with Crippen molar-refractivity contribution >= 4 is 0 Å². The molecule has 0 aliphatic rings. The van der Waals surface area contributed by atoms with Gasteiger partial charge in [0.15, 0.2) is 0 Å². The van der Waals surface area contributed by atoms with Crippen LogP contribution in [0.15, 0.2) is 24.3 Å². The van der Waals surface area contributed by atoms with Crippen LogP contribution in [0, 0.1) is 6.92 Å². The summed E-state index contributed by atoms with van der Waals surface area (Å²) in [4.78, 5) is 0. The van der Waals surface area contributed by atoms with Crippen molar-refractivity contribution < 1.29 is 0 Å². The lowest BCUT2D eigenvalue weighted by molar-refractivity contribution is 0.513. The third-order valence-electron chi connectivity index (χ3n) is 4.07. The van der Waals surface area contributed by atoms with Crippen molar-refractivity contribution in [2.75, 3.05) is 0 Å². The van der Waals surface area contributed by atoms with Crippen LogP contribution in [0.2, 0.25) is 0 Å². The molecule has 19 heavy (non-hydrogen) atoms. The fourth-order valence-corrected chi connectivity index (χ4v) is 2.71. The van der Waals surface area contributed by atoms with Gasteiger partial charge in [-0.3, -0.25) is 0 Å². The zero-order valence-electron chi connectivity index (χ0n) is 13.0. The van der Waals surface area contributed by atoms with Crippen LogP contribution in [0.3, 0.4) is 0 Å². The van der Waals surface area contributed by atoms with Crippen LogP contribution in [0.25, 0.3) is 0 Å². The average molecular weight is 259 g/mol. The van der Waals surface area contributed by atoms with Crippen LogP contribution in [0.5, 0.6) is 0 Å². The highest BCUT2D eigenvalue weighted by Crippen LogP contribution is 2.28. The van der Waals surface area contributed by atoms with Crippen molar-refractivity contribution in [2.24, 2.45) is 0 Å². The number of unbranched alkanes of at least 4 members (excludes halogenated alkanes) is 4. The molecule has 0 amide bonds. The highest BCUT2D eigenvalue weighted by molar-refractivity contribution is 5.25. The second kappa shape index (κ2) is 10.1. The molecular weight excluding hydrogens is 228 g/mol. The summed E-state index contributed by atoms with van der Waals surface area (Å²) in [6.07, 6.45) is 11.6. The van der Waals surface area contributed by atoms with Crippen LogP contribution >= 0.6 is 0 Å². The van der Waals surface area contributed by atoms with Crippen molar-refractivity contribution in [3.63, 3.8) is 0 Å². The van der Waals surface area contributed by atoms with Crippen LogP contribution in [-0.2, 0) is 6.42 Å². The summed E-state index contributed by atoms with van der Waals surface area (Å²) in [7, 11) is 0. The third-order valence-corrected chi connectivity index (χ3v) is 4.07. The van der Waals surface area contributed by atoms with Gasteiger partial charge >= 0.3 is 0 Å². The van der Waals surface area contributed by atoms with Crippen molar-refractivity contribution in [1.82, 2.24) is 0 Å². The Hall–Kier alpha value is -0.780. The van der Waals surface area contributed by atoms with Crippen molar-refractivity contribution in [1.29, 1.82) is 0 Å². The lowest BCUT2D eigenvalue weighted by atomic mass is 9.88. The van der Waals surface area contributed by atoms with E-state index in [4.69, 9.17) is 0 Å². The molecule has 0 spiro atoms. The quantitative estimate of drug-likeness (QED) is 0.432. The SMILES string of the molecule is [CH2]CCCC(CCCCCC)c1ccc(CC)cc1. The molecule has 0 nitrogen and oxygen atoms in total. The summed E-state index contributed by atoms with van der Waals surface area (Å²) in [6, 6.07) is 9.32. The molecular formula is C19H31. The highest BCUT2D eigenvalue weighted by Gasteiger charge is 2.10. The first-order chi connectivity index (χ1) is 9.31.